The molecule has 0 aliphatic heterocycles. The largest absolute Gasteiger partial charge is 0.383 e. The van der Waals surface area contributed by atoms with Crippen molar-refractivity contribution in [1.29, 1.82) is 5.26 Å². The minimum absolute atomic E-state index is 0.00269. The first kappa shape index (κ1) is 11.0. The fourth-order valence-electron chi connectivity index (χ4n) is 1.26. The van der Waals surface area contributed by atoms with E-state index in [1.807, 2.05) is 6.07 Å². The van der Waals surface area contributed by atoms with E-state index >= 15 is 0 Å². The molecule has 1 atom stereocenters. The maximum atomic E-state index is 10.7. The van der Waals surface area contributed by atoms with Crippen LogP contribution in [0.1, 0.15) is 18.4 Å². The van der Waals surface area contributed by atoms with Gasteiger partial charge in [0, 0.05) is 13.1 Å². The van der Waals surface area contributed by atoms with E-state index in [0.717, 1.165) is 0 Å². The van der Waals surface area contributed by atoms with Crippen LogP contribution < -0.4 is 5.32 Å². The van der Waals surface area contributed by atoms with E-state index in [-0.39, 0.29) is 11.6 Å². The normalized spacial score (nSPS) is 11.5. The Kier molecular flexibility index (Phi) is 3.24. The molecule has 1 rings (SSSR count). The minimum Gasteiger partial charge on any atom is -0.383 e. The molecule has 0 bridgehead atoms. The molecule has 0 aliphatic carbocycles. The lowest BCUT2D eigenvalue weighted by Crippen LogP contribution is -1.99. The van der Waals surface area contributed by atoms with Crippen LogP contribution in [0, 0.1) is 21.4 Å². The number of nitrogens with one attached hydrogen (secondary N) is 1. The van der Waals surface area contributed by atoms with Crippen LogP contribution in [-0.4, -0.2) is 12.0 Å². The Labute approximate surface area is 87.5 Å². The number of benzene rings is 1. The zero-order valence-corrected chi connectivity index (χ0v) is 8.52. The molecule has 5 heteroatoms. The average molecular weight is 205 g/mol. The van der Waals surface area contributed by atoms with E-state index in [2.05, 4.69) is 5.32 Å². The van der Waals surface area contributed by atoms with Gasteiger partial charge in [-0.1, -0.05) is 6.07 Å². The topological polar surface area (TPSA) is 79.0 Å². The van der Waals surface area contributed by atoms with Crippen molar-refractivity contribution < 1.29 is 4.92 Å². The summed E-state index contributed by atoms with van der Waals surface area (Å²) in [6, 6.07) is 6.80. The highest BCUT2D eigenvalue weighted by Gasteiger charge is 2.15. The summed E-state index contributed by atoms with van der Waals surface area (Å²) in [6.45, 7) is 1.71. The van der Waals surface area contributed by atoms with Crippen molar-refractivity contribution in [2.24, 2.45) is 0 Å². The van der Waals surface area contributed by atoms with Gasteiger partial charge in [-0.05, 0) is 18.6 Å². The first-order chi connectivity index (χ1) is 7.10. The van der Waals surface area contributed by atoms with Crippen molar-refractivity contribution >= 4 is 11.4 Å². The number of rotatable bonds is 3. The van der Waals surface area contributed by atoms with Crippen LogP contribution in [0.5, 0.6) is 0 Å². The van der Waals surface area contributed by atoms with Crippen molar-refractivity contribution in [3.63, 3.8) is 0 Å². The fourth-order valence-corrected chi connectivity index (χ4v) is 1.26. The van der Waals surface area contributed by atoms with Crippen LogP contribution in [0.25, 0.3) is 0 Å². The van der Waals surface area contributed by atoms with Gasteiger partial charge in [0.25, 0.3) is 5.69 Å². The highest BCUT2D eigenvalue weighted by Crippen LogP contribution is 2.28. The molecule has 0 heterocycles. The molecule has 78 valence electrons. The molecule has 0 aromatic heterocycles. The quantitative estimate of drug-likeness (QED) is 0.606. The molecule has 0 radical (unpaired) electrons. The molecule has 0 aliphatic rings. The number of nitro benzene ring substituents is 1. The van der Waals surface area contributed by atoms with Gasteiger partial charge >= 0.3 is 0 Å². The van der Waals surface area contributed by atoms with Gasteiger partial charge < -0.3 is 5.32 Å². The maximum Gasteiger partial charge on any atom is 0.292 e. The summed E-state index contributed by atoms with van der Waals surface area (Å²) in [6.07, 6.45) is 0. The Bertz CT molecular complexity index is 423. The third-order valence-electron chi connectivity index (χ3n) is 2.18. The zero-order valence-electron chi connectivity index (χ0n) is 8.52. The Morgan fingerprint density at radius 2 is 2.27 bits per heavy atom. The average Bonchev–Trinajstić information content (AvgIpc) is 2.27. The van der Waals surface area contributed by atoms with Crippen molar-refractivity contribution in [2.45, 2.75) is 12.8 Å². The Balaban J connectivity index is 3.23. The molecule has 0 saturated carbocycles. The zero-order chi connectivity index (χ0) is 11.4. The highest BCUT2D eigenvalue weighted by molar-refractivity contribution is 5.62. The molecule has 1 aromatic carbocycles. The molecule has 1 aromatic rings. The summed E-state index contributed by atoms with van der Waals surface area (Å²) in [5, 5.41) is 22.2. The number of hydrogen-bond donors (Lipinski definition) is 1. The smallest absolute Gasteiger partial charge is 0.292 e. The summed E-state index contributed by atoms with van der Waals surface area (Å²) >= 11 is 0. The van der Waals surface area contributed by atoms with E-state index in [9.17, 15) is 10.1 Å². The second-order valence-corrected chi connectivity index (χ2v) is 3.13. The highest BCUT2D eigenvalue weighted by atomic mass is 16.6. The lowest BCUT2D eigenvalue weighted by molar-refractivity contribution is -0.384. The first-order valence-electron chi connectivity index (χ1n) is 4.46. The van der Waals surface area contributed by atoms with Crippen molar-refractivity contribution in [1.82, 2.24) is 0 Å². The molecule has 0 saturated heterocycles. The van der Waals surface area contributed by atoms with Gasteiger partial charge in [0.2, 0.25) is 0 Å². The summed E-state index contributed by atoms with van der Waals surface area (Å²) < 4.78 is 0. The number of anilines is 1. The van der Waals surface area contributed by atoms with E-state index in [1.54, 1.807) is 26.1 Å². The summed E-state index contributed by atoms with van der Waals surface area (Å²) in [5.41, 5.74) is 1.11. The second-order valence-electron chi connectivity index (χ2n) is 3.13. The van der Waals surface area contributed by atoms with E-state index < -0.39 is 4.92 Å². The van der Waals surface area contributed by atoms with Crippen LogP contribution in [0.2, 0.25) is 0 Å². The number of nitrogens with zero attached hydrogens (tertiary/aromatic N) is 2. The lowest BCUT2D eigenvalue weighted by Gasteiger charge is -2.06. The number of hydrogen-bond acceptors (Lipinski definition) is 4. The van der Waals surface area contributed by atoms with Gasteiger partial charge in [-0.15, -0.1) is 0 Å². The third kappa shape index (κ3) is 2.23. The molecule has 0 amide bonds. The van der Waals surface area contributed by atoms with Gasteiger partial charge in [0.15, 0.2) is 0 Å². The third-order valence-corrected chi connectivity index (χ3v) is 2.18. The second kappa shape index (κ2) is 4.42. The summed E-state index contributed by atoms with van der Waals surface area (Å²) in [4.78, 5) is 10.3. The lowest BCUT2D eigenvalue weighted by atomic mass is 10.0. The van der Waals surface area contributed by atoms with Crippen molar-refractivity contribution in [3.05, 3.63) is 33.9 Å². The van der Waals surface area contributed by atoms with Crippen LogP contribution >= 0.6 is 0 Å². The molecule has 0 spiro atoms. The SMILES string of the molecule is CNc1ccc(C(C)C#N)cc1[N+](=O)[O-]. The van der Waals surface area contributed by atoms with E-state index in [4.69, 9.17) is 5.26 Å². The Morgan fingerprint density at radius 3 is 2.73 bits per heavy atom. The molecule has 1 unspecified atom stereocenters. The van der Waals surface area contributed by atoms with Crippen LogP contribution in [0.3, 0.4) is 0 Å². The number of nitriles is 1. The maximum absolute atomic E-state index is 10.7. The van der Waals surface area contributed by atoms with Crippen LogP contribution in [0.15, 0.2) is 18.2 Å². The van der Waals surface area contributed by atoms with Gasteiger partial charge in [-0.2, -0.15) is 5.26 Å². The predicted octanol–water partition coefficient (Wildman–Crippen LogP) is 2.26. The standard InChI is InChI=1S/C10H11N3O2/c1-7(6-11)8-3-4-9(12-2)10(5-8)13(14)15/h3-5,7,12H,1-2H3. The van der Waals surface area contributed by atoms with Gasteiger partial charge in [0.1, 0.15) is 5.69 Å². The Hall–Kier alpha value is -2.09. The predicted molar refractivity (Wildman–Crippen MR) is 56.7 cm³/mol. The van der Waals surface area contributed by atoms with Gasteiger partial charge in [-0.3, -0.25) is 10.1 Å². The first-order valence-corrected chi connectivity index (χ1v) is 4.46. The minimum atomic E-state index is -0.459. The summed E-state index contributed by atoms with van der Waals surface area (Å²) in [7, 11) is 1.62. The molecule has 0 fully saturated rings. The molecular formula is C10H11N3O2. The molecular weight excluding hydrogens is 194 g/mol. The van der Waals surface area contributed by atoms with E-state index in [0.29, 0.717) is 11.3 Å². The van der Waals surface area contributed by atoms with Crippen LogP contribution in [0.4, 0.5) is 11.4 Å². The van der Waals surface area contributed by atoms with Gasteiger partial charge in [-0.25, -0.2) is 0 Å². The molecule has 1 N–H and O–H groups in total. The monoisotopic (exact) mass is 205 g/mol. The van der Waals surface area contributed by atoms with E-state index in [1.165, 1.54) is 6.07 Å². The molecule has 15 heavy (non-hydrogen) atoms. The van der Waals surface area contributed by atoms with Gasteiger partial charge in [0.05, 0.1) is 16.9 Å². The van der Waals surface area contributed by atoms with Crippen LogP contribution in [-0.2, 0) is 0 Å². The van der Waals surface area contributed by atoms with Crippen molar-refractivity contribution in [2.75, 3.05) is 12.4 Å². The Morgan fingerprint density at radius 1 is 1.60 bits per heavy atom. The number of nitro groups is 1. The fraction of sp³-hybridized carbons (Fsp3) is 0.300. The molecule has 5 nitrogen and oxygen atoms in total. The summed E-state index contributed by atoms with van der Waals surface area (Å²) in [5.74, 6) is -0.338. The van der Waals surface area contributed by atoms with Crippen molar-refractivity contribution in [3.8, 4) is 6.07 Å².